The average molecular weight is 452 g/mol. The Kier molecular flexibility index (Phi) is 6.05. The lowest BCUT2D eigenvalue weighted by Crippen LogP contribution is -2.55. The van der Waals surface area contributed by atoms with E-state index in [9.17, 15) is 0 Å². The van der Waals surface area contributed by atoms with Gasteiger partial charge in [0, 0.05) is 28.9 Å². The highest BCUT2D eigenvalue weighted by molar-refractivity contribution is 6.69. The van der Waals surface area contributed by atoms with Gasteiger partial charge in [-0.15, -0.1) is 32.8 Å². The van der Waals surface area contributed by atoms with Crippen LogP contribution in [0, 0.1) is 0 Å². The molecule has 0 amide bonds. The third-order valence-corrected chi connectivity index (χ3v) is 9.58. The Labute approximate surface area is 224 Å². The largest absolute Gasteiger partial charge is 0.344 e. The quantitative estimate of drug-likeness (QED) is 0.235. The fourth-order valence-electron chi connectivity index (χ4n) is 6.40. The summed E-state index contributed by atoms with van der Waals surface area (Å²) in [6, 6.07) is 14.1. The number of aryl methyl sites for hydroxylation is 1. The van der Waals surface area contributed by atoms with E-state index in [-0.39, 0.29) is 0 Å². The summed E-state index contributed by atoms with van der Waals surface area (Å²) in [7, 11) is 24.9. The molecule has 0 aliphatic carbocycles. The minimum Gasteiger partial charge on any atom is -0.344 e. The number of aromatic nitrogens is 1. The number of hydrogen-bond donors (Lipinski definition) is 0. The molecule has 0 N–H and O–H groups in total. The summed E-state index contributed by atoms with van der Waals surface area (Å²) in [6.45, 7) is 0. The summed E-state index contributed by atoms with van der Waals surface area (Å²) in [6.07, 6.45) is 0. The summed E-state index contributed by atoms with van der Waals surface area (Å²) in [5, 5.41) is 2.66. The third-order valence-electron chi connectivity index (χ3n) is 9.58. The van der Waals surface area contributed by atoms with E-state index in [0.717, 1.165) is 0 Å². The lowest BCUT2D eigenvalue weighted by atomic mass is 9.59. The first-order valence-corrected chi connectivity index (χ1v) is 13.1. The molecule has 5 aromatic rings. The predicted octanol–water partition coefficient (Wildman–Crippen LogP) is -10.8. The molecule has 11 heteroatoms. The van der Waals surface area contributed by atoms with Crippen molar-refractivity contribution in [1.82, 2.24) is 4.57 Å². The van der Waals surface area contributed by atoms with Gasteiger partial charge in [0.1, 0.15) is 78.5 Å². The summed E-state index contributed by atoms with van der Waals surface area (Å²) >= 11 is 0. The molecular weight excluding hydrogens is 422 g/mol. The van der Waals surface area contributed by atoms with Crippen molar-refractivity contribution >= 4 is 155 Å². The van der Waals surface area contributed by atoms with Crippen molar-refractivity contribution in [3.63, 3.8) is 0 Å². The van der Waals surface area contributed by atoms with Gasteiger partial charge in [-0.1, -0.05) is 34.0 Å². The lowest BCUT2D eigenvalue weighted by Gasteiger charge is -2.21. The van der Waals surface area contributed by atoms with Crippen LogP contribution in [-0.2, 0) is 7.05 Å². The summed E-state index contributed by atoms with van der Waals surface area (Å²) in [5.74, 6) is 0. The second-order valence-corrected chi connectivity index (χ2v) is 11.0. The predicted molar refractivity (Wildman–Crippen MR) is 193 cm³/mol. The highest BCUT2D eigenvalue weighted by Crippen LogP contribution is 2.33. The van der Waals surface area contributed by atoms with E-state index in [1.807, 2.05) is 0 Å². The Bertz CT molecular complexity index is 1570. The van der Waals surface area contributed by atoms with Gasteiger partial charge in [0.25, 0.3) is 0 Å². The van der Waals surface area contributed by atoms with Crippen LogP contribution in [0.15, 0.2) is 36.4 Å². The molecule has 0 atom stereocenters. The van der Waals surface area contributed by atoms with Crippen molar-refractivity contribution in [2.45, 2.75) is 0 Å². The summed E-state index contributed by atoms with van der Waals surface area (Å²) in [4.78, 5) is 0. The zero-order chi connectivity index (χ0) is 26.2. The molecule has 0 unspecified atom stereocenters. The van der Waals surface area contributed by atoms with Crippen LogP contribution in [0.3, 0.4) is 0 Å². The van der Waals surface area contributed by atoms with Crippen molar-refractivity contribution in [1.29, 1.82) is 0 Å². The van der Waals surface area contributed by atoms with Gasteiger partial charge in [-0.05, 0) is 46.5 Å². The molecule has 0 bridgehead atoms. The SMILES string of the molecule is Bc1c(B)c(B)c(-c2ccc3c(c2)c2cc(-c4c(B)c(B)c(B)c(B)c4B)ccc2n3C)c(B)c1B. The number of hydrogen-bond acceptors (Lipinski definition) is 0. The van der Waals surface area contributed by atoms with Gasteiger partial charge in [0.15, 0.2) is 0 Å². The van der Waals surface area contributed by atoms with E-state index in [1.54, 1.807) is 0 Å². The Hall–Kier alpha value is -2.67. The minimum atomic E-state index is 1.28. The average Bonchev–Trinajstić information content (AvgIpc) is 3.15. The number of nitrogens with zero attached hydrogens (tertiary/aromatic N) is 1. The maximum atomic E-state index is 2.43. The highest BCUT2D eigenvalue weighted by atomic mass is 14.9. The molecule has 0 radical (unpaired) electrons. The molecule has 0 aliphatic rings. The summed E-state index contributed by atoms with van der Waals surface area (Å²) < 4.78 is 2.34. The van der Waals surface area contributed by atoms with Crippen LogP contribution in [0.4, 0.5) is 0 Å². The molecule has 36 heavy (non-hydrogen) atoms. The Morgan fingerprint density at radius 3 is 1.00 bits per heavy atom. The molecule has 4 aromatic carbocycles. The monoisotopic (exact) mass is 453 g/mol. The van der Waals surface area contributed by atoms with Crippen LogP contribution in [-0.4, -0.2) is 83.0 Å². The highest BCUT2D eigenvalue weighted by Gasteiger charge is 2.17. The normalized spacial score (nSPS) is 11.5. The minimum absolute atomic E-state index is 1.28. The zero-order valence-corrected chi connectivity index (χ0v) is 23.9. The maximum Gasteiger partial charge on any atom is 0.139 e. The van der Waals surface area contributed by atoms with E-state index in [2.05, 4.69) is 126 Å². The molecule has 0 spiro atoms. The first-order chi connectivity index (χ1) is 17.0. The third kappa shape index (κ3) is 3.46. The van der Waals surface area contributed by atoms with Crippen LogP contribution < -0.4 is 54.6 Å². The fourth-order valence-corrected chi connectivity index (χ4v) is 6.40. The van der Waals surface area contributed by atoms with E-state index in [1.165, 1.54) is 98.7 Å². The molecule has 5 rings (SSSR count). The molecule has 1 nitrogen and oxygen atoms in total. The second-order valence-electron chi connectivity index (χ2n) is 11.0. The van der Waals surface area contributed by atoms with E-state index in [4.69, 9.17) is 0 Å². The van der Waals surface area contributed by atoms with Crippen molar-refractivity contribution < 1.29 is 0 Å². The zero-order valence-electron chi connectivity index (χ0n) is 23.9. The van der Waals surface area contributed by atoms with E-state index >= 15 is 0 Å². The molecular formula is C25H29B10N. The van der Waals surface area contributed by atoms with Gasteiger partial charge >= 0.3 is 0 Å². The Morgan fingerprint density at radius 1 is 0.417 bits per heavy atom. The van der Waals surface area contributed by atoms with Gasteiger partial charge in [-0.25, -0.2) is 0 Å². The first-order valence-electron chi connectivity index (χ1n) is 13.1. The second kappa shape index (κ2) is 8.72. The van der Waals surface area contributed by atoms with Gasteiger partial charge in [0.2, 0.25) is 0 Å². The van der Waals surface area contributed by atoms with Crippen LogP contribution in [0.1, 0.15) is 0 Å². The van der Waals surface area contributed by atoms with Gasteiger partial charge < -0.3 is 4.57 Å². The molecule has 1 heterocycles. The van der Waals surface area contributed by atoms with Crippen molar-refractivity contribution in [2.24, 2.45) is 7.05 Å². The molecule has 0 saturated carbocycles. The molecule has 0 fully saturated rings. The maximum absolute atomic E-state index is 2.43. The van der Waals surface area contributed by atoms with Crippen molar-refractivity contribution in [3.8, 4) is 22.3 Å². The Morgan fingerprint density at radius 2 is 0.694 bits per heavy atom. The van der Waals surface area contributed by atoms with Crippen LogP contribution in [0.5, 0.6) is 0 Å². The van der Waals surface area contributed by atoms with Crippen LogP contribution in [0.2, 0.25) is 0 Å². The lowest BCUT2D eigenvalue weighted by molar-refractivity contribution is 1.01. The van der Waals surface area contributed by atoms with Gasteiger partial charge in [-0.2, -0.15) is 0 Å². The number of rotatable bonds is 2. The topological polar surface area (TPSA) is 4.93 Å². The molecule has 164 valence electrons. The van der Waals surface area contributed by atoms with Crippen molar-refractivity contribution in [2.75, 3.05) is 0 Å². The molecule has 0 saturated heterocycles. The fraction of sp³-hybridized carbons (Fsp3) is 0.0400. The summed E-state index contributed by atoms with van der Waals surface area (Å²) in [5.41, 5.74) is 22.0. The first kappa shape index (κ1) is 25.0. The van der Waals surface area contributed by atoms with Crippen molar-refractivity contribution in [3.05, 3.63) is 36.4 Å². The standard InChI is InChI=1S/C25H29B10N/c1-36-12-4-2-8(14-16(26)20(30)24(34)21(31)17(14)27)6-10(12)11-7-9(3-5-13(11)36)15-18(28)22(32)25(35)23(33)19(15)29/h2-7H,26-35H2,1H3. The van der Waals surface area contributed by atoms with E-state index in [0.29, 0.717) is 0 Å². The number of fused-ring (bicyclic) bond motifs is 3. The van der Waals surface area contributed by atoms with Gasteiger partial charge in [0.05, 0.1) is 0 Å². The van der Waals surface area contributed by atoms with Gasteiger partial charge in [-0.3, -0.25) is 0 Å². The Balaban J connectivity index is 1.82. The number of benzene rings is 4. The molecule has 1 aromatic heterocycles. The smallest absolute Gasteiger partial charge is 0.139 e. The van der Waals surface area contributed by atoms with Crippen LogP contribution in [0.25, 0.3) is 44.1 Å². The van der Waals surface area contributed by atoms with Crippen LogP contribution >= 0.6 is 0 Å². The van der Waals surface area contributed by atoms with E-state index < -0.39 is 0 Å². The molecule has 0 aliphatic heterocycles.